The van der Waals surface area contributed by atoms with E-state index < -0.39 is 0 Å². The normalized spacial score (nSPS) is 10.6. The lowest BCUT2D eigenvalue weighted by atomic mass is 10.3. The summed E-state index contributed by atoms with van der Waals surface area (Å²) in [6.07, 6.45) is 1.60. The molecule has 0 aliphatic rings. The van der Waals surface area contributed by atoms with Gasteiger partial charge in [0.2, 0.25) is 5.91 Å². The Bertz CT molecular complexity index is 567. The maximum absolute atomic E-state index is 11.8. The molecule has 1 amide bonds. The highest BCUT2D eigenvalue weighted by Crippen LogP contribution is 2.29. The SMILES string of the molecule is CC(C)Sc1ccccc1NCC(=O)NCc1ccco1. The van der Waals surface area contributed by atoms with Gasteiger partial charge in [-0.05, 0) is 24.3 Å². The molecule has 1 heterocycles. The number of hydrogen-bond acceptors (Lipinski definition) is 4. The van der Waals surface area contributed by atoms with Crippen LogP contribution in [-0.2, 0) is 11.3 Å². The molecule has 1 aromatic carbocycles. The van der Waals surface area contributed by atoms with Crippen molar-refractivity contribution < 1.29 is 9.21 Å². The van der Waals surface area contributed by atoms with Crippen molar-refractivity contribution >= 4 is 23.4 Å². The van der Waals surface area contributed by atoms with E-state index in [1.165, 1.54) is 0 Å². The van der Waals surface area contributed by atoms with Gasteiger partial charge in [0.05, 0.1) is 19.4 Å². The third kappa shape index (κ3) is 5.19. The highest BCUT2D eigenvalue weighted by atomic mass is 32.2. The van der Waals surface area contributed by atoms with Crippen molar-refractivity contribution in [1.29, 1.82) is 0 Å². The van der Waals surface area contributed by atoms with Gasteiger partial charge in [-0.15, -0.1) is 11.8 Å². The molecular weight excluding hydrogens is 284 g/mol. The van der Waals surface area contributed by atoms with E-state index in [9.17, 15) is 4.79 Å². The van der Waals surface area contributed by atoms with Crippen LogP contribution in [0.3, 0.4) is 0 Å². The Morgan fingerprint density at radius 1 is 1.24 bits per heavy atom. The minimum absolute atomic E-state index is 0.0595. The molecule has 0 atom stereocenters. The molecule has 112 valence electrons. The van der Waals surface area contributed by atoms with Crippen LogP contribution in [0.2, 0.25) is 0 Å². The number of carbonyl (C=O) groups excluding carboxylic acids is 1. The standard InChI is InChI=1S/C16H20N2O2S/c1-12(2)21-15-8-4-3-7-14(15)17-11-16(19)18-10-13-6-5-9-20-13/h3-9,12,17H,10-11H2,1-2H3,(H,18,19). The number of hydrogen-bond donors (Lipinski definition) is 2. The molecule has 0 aliphatic carbocycles. The zero-order valence-corrected chi connectivity index (χ0v) is 13.1. The van der Waals surface area contributed by atoms with Crippen LogP contribution in [0.1, 0.15) is 19.6 Å². The summed E-state index contributed by atoms with van der Waals surface area (Å²) in [6, 6.07) is 11.7. The van der Waals surface area contributed by atoms with Gasteiger partial charge in [-0.3, -0.25) is 4.79 Å². The molecular formula is C16H20N2O2S. The predicted octanol–water partition coefficient (Wildman–Crippen LogP) is 3.51. The lowest BCUT2D eigenvalue weighted by Crippen LogP contribution is -2.29. The van der Waals surface area contributed by atoms with Gasteiger partial charge in [0, 0.05) is 15.8 Å². The third-order valence-electron chi connectivity index (χ3n) is 2.73. The second-order valence-corrected chi connectivity index (χ2v) is 6.49. The van der Waals surface area contributed by atoms with Crippen LogP contribution >= 0.6 is 11.8 Å². The summed E-state index contributed by atoms with van der Waals surface area (Å²) in [5.74, 6) is 0.690. The number of para-hydroxylation sites is 1. The molecule has 4 nitrogen and oxygen atoms in total. The van der Waals surface area contributed by atoms with Gasteiger partial charge in [-0.25, -0.2) is 0 Å². The van der Waals surface area contributed by atoms with E-state index in [-0.39, 0.29) is 12.5 Å². The molecule has 0 radical (unpaired) electrons. The summed E-state index contributed by atoms with van der Waals surface area (Å²) in [4.78, 5) is 13.0. The summed E-state index contributed by atoms with van der Waals surface area (Å²) in [5, 5.41) is 6.50. The maximum atomic E-state index is 11.8. The molecule has 1 aromatic heterocycles. The Morgan fingerprint density at radius 3 is 2.76 bits per heavy atom. The Morgan fingerprint density at radius 2 is 2.05 bits per heavy atom. The number of nitrogens with one attached hydrogen (secondary N) is 2. The highest BCUT2D eigenvalue weighted by Gasteiger charge is 2.07. The van der Waals surface area contributed by atoms with Crippen molar-refractivity contribution in [2.24, 2.45) is 0 Å². The number of benzene rings is 1. The zero-order valence-electron chi connectivity index (χ0n) is 12.3. The third-order valence-corrected chi connectivity index (χ3v) is 3.81. The minimum Gasteiger partial charge on any atom is -0.467 e. The number of carbonyl (C=O) groups is 1. The molecule has 0 saturated heterocycles. The summed E-state index contributed by atoms with van der Waals surface area (Å²) in [5.41, 5.74) is 0.990. The quantitative estimate of drug-likeness (QED) is 0.769. The van der Waals surface area contributed by atoms with Gasteiger partial charge in [-0.1, -0.05) is 26.0 Å². The Kier molecular flexibility index (Phi) is 5.75. The first-order chi connectivity index (χ1) is 10.1. The fourth-order valence-corrected chi connectivity index (χ4v) is 2.74. The molecule has 5 heteroatoms. The molecule has 2 rings (SSSR count). The van der Waals surface area contributed by atoms with Crippen LogP contribution in [0.25, 0.3) is 0 Å². The van der Waals surface area contributed by atoms with E-state index in [1.54, 1.807) is 24.1 Å². The van der Waals surface area contributed by atoms with Crippen molar-refractivity contribution in [1.82, 2.24) is 5.32 Å². The van der Waals surface area contributed by atoms with Gasteiger partial charge in [0.25, 0.3) is 0 Å². The summed E-state index contributed by atoms with van der Waals surface area (Å²) < 4.78 is 5.17. The minimum atomic E-state index is -0.0595. The molecule has 0 fully saturated rings. The summed E-state index contributed by atoms with van der Waals surface area (Å²) in [7, 11) is 0. The lowest BCUT2D eigenvalue weighted by Gasteiger charge is -2.13. The van der Waals surface area contributed by atoms with E-state index in [0.717, 1.165) is 16.3 Å². The Hall–Kier alpha value is -1.88. The molecule has 2 N–H and O–H groups in total. The van der Waals surface area contributed by atoms with Gasteiger partial charge in [0.15, 0.2) is 0 Å². The van der Waals surface area contributed by atoms with Gasteiger partial charge in [0.1, 0.15) is 5.76 Å². The van der Waals surface area contributed by atoms with Crippen molar-refractivity contribution in [3.05, 3.63) is 48.4 Å². The molecule has 2 aromatic rings. The summed E-state index contributed by atoms with van der Waals surface area (Å²) in [6.45, 7) is 4.96. The van der Waals surface area contributed by atoms with Gasteiger partial charge in [-0.2, -0.15) is 0 Å². The first kappa shape index (κ1) is 15.5. The highest BCUT2D eigenvalue weighted by molar-refractivity contribution is 8.00. The molecule has 0 unspecified atom stereocenters. The van der Waals surface area contributed by atoms with E-state index >= 15 is 0 Å². The van der Waals surface area contributed by atoms with Crippen LogP contribution in [0, 0.1) is 0 Å². The molecule has 0 saturated carbocycles. The second kappa shape index (κ2) is 7.78. The first-order valence-electron chi connectivity index (χ1n) is 6.94. The van der Waals surface area contributed by atoms with E-state index in [1.807, 2.05) is 24.3 Å². The average molecular weight is 304 g/mol. The lowest BCUT2D eigenvalue weighted by molar-refractivity contribution is -0.119. The van der Waals surface area contributed by atoms with E-state index in [2.05, 4.69) is 30.5 Å². The predicted molar refractivity (Wildman–Crippen MR) is 86.5 cm³/mol. The van der Waals surface area contributed by atoms with Crippen molar-refractivity contribution in [3.8, 4) is 0 Å². The molecule has 21 heavy (non-hydrogen) atoms. The monoisotopic (exact) mass is 304 g/mol. The number of thioether (sulfide) groups is 1. The van der Waals surface area contributed by atoms with E-state index in [0.29, 0.717) is 11.8 Å². The second-order valence-electron chi connectivity index (χ2n) is 4.87. The fraction of sp³-hybridized carbons (Fsp3) is 0.312. The number of furan rings is 1. The van der Waals surface area contributed by atoms with E-state index in [4.69, 9.17) is 4.42 Å². The van der Waals surface area contributed by atoms with Crippen LogP contribution in [0.15, 0.2) is 52.0 Å². The van der Waals surface area contributed by atoms with Crippen molar-refractivity contribution in [2.45, 2.75) is 30.5 Å². The molecule has 0 aliphatic heterocycles. The number of rotatable bonds is 7. The first-order valence-corrected chi connectivity index (χ1v) is 7.82. The Balaban J connectivity index is 1.83. The van der Waals surface area contributed by atoms with Crippen LogP contribution in [-0.4, -0.2) is 17.7 Å². The Labute approximate surface area is 129 Å². The smallest absolute Gasteiger partial charge is 0.239 e. The van der Waals surface area contributed by atoms with Crippen LogP contribution in [0.4, 0.5) is 5.69 Å². The van der Waals surface area contributed by atoms with Gasteiger partial charge >= 0.3 is 0 Å². The van der Waals surface area contributed by atoms with Gasteiger partial charge < -0.3 is 15.1 Å². The fourth-order valence-electron chi connectivity index (χ4n) is 1.81. The zero-order chi connectivity index (χ0) is 15.1. The number of anilines is 1. The molecule has 0 bridgehead atoms. The van der Waals surface area contributed by atoms with Crippen LogP contribution < -0.4 is 10.6 Å². The topological polar surface area (TPSA) is 54.3 Å². The number of amides is 1. The largest absolute Gasteiger partial charge is 0.467 e. The average Bonchev–Trinajstić information content (AvgIpc) is 2.97. The molecule has 0 spiro atoms. The summed E-state index contributed by atoms with van der Waals surface area (Å²) >= 11 is 1.78. The van der Waals surface area contributed by atoms with Crippen molar-refractivity contribution in [2.75, 3.05) is 11.9 Å². The maximum Gasteiger partial charge on any atom is 0.239 e. The van der Waals surface area contributed by atoms with Crippen LogP contribution in [0.5, 0.6) is 0 Å². The van der Waals surface area contributed by atoms with Crippen molar-refractivity contribution in [3.63, 3.8) is 0 Å².